The second-order valence-corrected chi connectivity index (χ2v) is 11.7. The molecule has 0 unspecified atom stereocenters. The van der Waals surface area contributed by atoms with Crippen molar-refractivity contribution in [3.05, 3.63) is 87.8 Å². The molecule has 0 spiro atoms. The zero-order valence-electron chi connectivity index (χ0n) is 19.5. The molecule has 0 atom stereocenters. The summed E-state index contributed by atoms with van der Waals surface area (Å²) in [6, 6.07) is 16.5. The minimum absolute atomic E-state index is 0.0738. The summed E-state index contributed by atoms with van der Waals surface area (Å²) < 4.78 is 40.4. The molecule has 3 aromatic carbocycles. The molecule has 0 amide bonds. The lowest BCUT2D eigenvalue weighted by atomic mass is 10.00. The molecule has 0 radical (unpaired) electrons. The summed E-state index contributed by atoms with van der Waals surface area (Å²) in [5.41, 5.74) is 2.04. The summed E-state index contributed by atoms with van der Waals surface area (Å²) in [7, 11) is -3.36. The molecule has 182 valence electrons. The lowest BCUT2D eigenvalue weighted by Gasteiger charge is -2.14. The number of rotatable bonds is 5. The molecule has 0 bridgehead atoms. The van der Waals surface area contributed by atoms with Crippen molar-refractivity contribution in [1.29, 1.82) is 0 Å². The van der Waals surface area contributed by atoms with Crippen LogP contribution in [-0.4, -0.2) is 29.6 Å². The fourth-order valence-electron chi connectivity index (χ4n) is 3.91. The summed E-state index contributed by atoms with van der Waals surface area (Å²) in [5.74, 6) is -0.575. The summed E-state index contributed by atoms with van der Waals surface area (Å²) in [6.45, 7) is 4.96. The Morgan fingerprint density at radius 1 is 1.03 bits per heavy atom. The highest BCUT2D eigenvalue weighted by Gasteiger charge is 2.31. The maximum Gasteiger partial charge on any atom is 0.175 e. The topological polar surface area (TPSA) is 72.2 Å². The molecular weight excluding hydrogens is 510 g/mol. The van der Waals surface area contributed by atoms with Gasteiger partial charge in [0, 0.05) is 6.26 Å². The minimum atomic E-state index is -3.36. The van der Waals surface area contributed by atoms with Crippen LogP contribution in [0.25, 0.3) is 28.1 Å². The lowest BCUT2D eigenvalue weighted by molar-refractivity contribution is 0.0735. The Bertz CT molecular complexity index is 1540. The third-order valence-corrected chi connectivity index (χ3v) is 7.42. The van der Waals surface area contributed by atoms with Crippen LogP contribution in [0.15, 0.2) is 65.6 Å². The van der Waals surface area contributed by atoms with Crippen LogP contribution in [-0.2, 0) is 15.4 Å². The first-order valence-corrected chi connectivity index (χ1v) is 13.3. The van der Waals surface area contributed by atoms with Crippen molar-refractivity contribution in [1.82, 2.24) is 9.78 Å². The number of hydrogen-bond acceptors (Lipinski definition) is 4. The van der Waals surface area contributed by atoms with Gasteiger partial charge in [-0.15, -0.1) is 0 Å². The van der Waals surface area contributed by atoms with Crippen LogP contribution in [0.3, 0.4) is 0 Å². The van der Waals surface area contributed by atoms with Gasteiger partial charge in [-0.2, -0.15) is 5.10 Å². The van der Waals surface area contributed by atoms with Crippen molar-refractivity contribution in [3.8, 4) is 28.1 Å². The normalized spacial score (nSPS) is 12.2. The summed E-state index contributed by atoms with van der Waals surface area (Å²) in [6.07, 6.45) is 1.17. The highest BCUT2D eigenvalue weighted by Crippen LogP contribution is 2.41. The van der Waals surface area contributed by atoms with Gasteiger partial charge in [0.25, 0.3) is 0 Å². The molecule has 0 aliphatic rings. The number of halogens is 3. The first-order chi connectivity index (χ1) is 16.3. The molecule has 1 aromatic heterocycles. The van der Waals surface area contributed by atoms with Crippen LogP contribution >= 0.6 is 23.2 Å². The van der Waals surface area contributed by atoms with E-state index in [9.17, 15) is 17.9 Å². The van der Waals surface area contributed by atoms with Crippen molar-refractivity contribution in [3.63, 3.8) is 0 Å². The van der Waals surface area contributed by atoms with Gasteiger partial charge in [-0.25, -0.2) is 17.5 Å². The van der Waals surface area contributed by atoms with Gasteiger partial charge in [0.2, 0.25) is 0 Å². The van der Waals surface area contributed by atoms with Crippen LogP contribution in [0.2, 0.25) is 10.0 Å². The van der Waals surface area contributed by atoms with Gasteiger partial charge in [-0.3, -0.25) is 0 Å². The number of aliphatic hydroxyl groups is 1. The molecule has 1 N–H and O–H groups in total. The predicted octanol–water partition coefficient (Wildman–Crippen LogP) is 6.59. The van der Waals surface area contributed by atoms with Gasteiger partial charge in [0.1, 0.15) is 17.1 Å². The van der Waals surface area contributed by atoms with Crippen molar-refractivity contribution in [2.45, 2.75) is 31.3 Å². The monoisotopic (exact) mass is 532 g/mol. The number of aromatic nitrogens is 2. The molecule has 0 fully saturated rings. The third kappa shape index (κ3) is 4.86. The van der Waals surface area contributed by atoms with E-state index in [0.29, 0.717) is 5.69 Å². The number of aryl methyl sites for hydroxylation is 1. The number of sulfone groups is 1. The SMILES string of the molecule is Cc1cc(-n2nc(C(C)(C)O)c(Cl)c2-c2c(F)cccc2Cl)ccc1-c1cccc(S(C)(=O)=O)c1. The molecule has 1 heterocycles. The number of hydrogen-bond donors (Lipinski definition) is 1. The zero-order chi connectivity index (χ0) is 25.7. The van der Waals surface area contributed by atoms with E-state index < -0.39 is 21.3 Å². The quantitative estimate of drug-likeness (QED) is 0.314. The van der Waals surface area contributed by atoms with E-state index in [1.807, 2.05) is 25.1 Å². The van der Waals surface area contributed by atoms with Crippen LogP contribution in [0, 0.1) is 12.7 Å². The first-order valence-electron chi connectivity index (χ1n) is 10.7. The third-order valence-electron chi connectivity index (χ3n) is 5.63. The van der Waals surface area contributed by atoms with Crippen molar-refractivity contribution in [2.24, 2.45) is 0 Å². The Hall–Kier alpha value is -2.71. The van der Waals surface area contributed by atoms with Gasteiger partial charge in [-0.05, 0) is 73.9 Å². The van der Waals surface area contributed by atoms with Gasteiger partial charge in [0.15, 0.2) is 9.84 Å². The van der Waals surface area contributed by atoms with Crippen LogP contribution in [0.1, 0.15) is 25.1 Å². The fraction of sp³-hybridized carbons (Fsp3) is 0.192. The molecule has 0 aliphatic carbocycles. The maximum atomic E-state index is 14.9. The summed E-state index contributed by atoms with van der Waals surface area (Å²) >= 11 is 13.0. The van der Waals surface area contributed by atoms with E-state index in [0.717, 1.165) is 16.7 Å². The Labute approximate surface area is 213 Å². The first kappa shape index (κ1) is 25.4. The second-order valence-electron chi connectivity index (χ2n) is 8.88. The zero-order valence-corrected chi connectivity index (χ0v) is 21.8. The second kappa shape index (κ2) is 9.06. The van der Waals surface area contributed by atoms with Crippen molar-refractivity contribution in [2.75, 3.05) is 6.26 Å². The Balaban J connectivity index is 1.93. The summed E-state index contributed by atoms with van der Waals surface area (Å²) in [5, 5.41) is 15.4. The van der Waals surface area contributed by atoms with E-state index in [-0.39, 0.29) is 31.9 Å². The van der Waals surface area contributed by atoms with Gasteiger partial charge in [0.05, 0.1) is 31.9 Å². The molecule has 4 rings (SSSR count). The van der Waals surface area contributed by atoms with Crippen molar-refractivity contribution < 1.29 is 17.9 Å². The van der Waals surface area contributed by atoms with Gasteiger partial charge in [-0.1, -0.05) is 47.5 Å². The molecule has 0 saturated heterocycles. The highest BCUT2D eigenvalue weighted by molar-refractivity contribution is 7.90. The molecular formula is C26H23Cl2FN2O3S. The predicted molar refractivity (Wildman–Crippen MR) is 138 cm³/mol. The lowest BCUT2D eigenvalue weighted by Crippen LogP contribution is -2.17. The van der Waals surface area contributed by atoms with E-state index in [4.69, 9.17) is 23.2 Å². The maximum absolute atomic E-state index is 14.9. The highest BCUT2D eigenvalue weighted by atomic mass is 35.5. The Morgan fingerprint density at radius 3 is 2.31 bits per heavy atom. The fourth-order valence-corrected chi connectivity index (χ4v) is 5.28. The van der Waals surface area contributed by atoms with Gasteiger partial charge < -0.3 is 5.11 Å². The minimum Gasteiger partial charge on any atom is -0.384 e. The Morgan fingerprint density at radius 2 is 1.71 bits per heavy atom. The van der Waals surface area contributed by atoms with Crippen LogP contribution in [0.5, 0.6) is 0 Å². The van der Waals surface area contributed by atoms with E-state index >= 15 is 0 Å². The van der Waals surface area contributed by atoms with Crippen molar-refractivity contribution >= 4 is 33.0 Å². The smallest absolute Gasteiger partial charge is 0.175 e. The van der Waals surface area contributed by atoms with E-state index in [1.54, 1.807) is 44.2 Å². The standard InChI is InChI=1S/C26H23Cl2FN2O3S/c1-15-13-17(11-12-19(15)16-7-5-8-18(14-16)35(4,33)34)31-24(22-20(27)9-6-10-21(22)29)23(28)25(30-31)26(2,3)32/h5-14,32H,1-4H3. The number of nitrogens with zero attached hydrogens (tertiary/aromatic N) is 2. The van der Waals surface area contributed by atoms with Crippen LogP contribution < -0.4 is 0 Å². The average molecular weight is 533 g/mol. The van der Waals surface area contributed by atoms with Gasteiger partial charge >= 0.3 is 0 Å². The van der Waals surface area contributed by atoms with E-state index in [2.05, 4.69) is 5.10 Å². The Kier molecular flexibility index (Phi) is 6.57. The molecule has 9 heteroatoms. The molecule has 4 aromatic rings. The summed E-state index contributed by atoms with van der Waals surface area (Å²) in [4.78, 5) is 0.226. The van der Waals surface area contributed by atoms with Crippen LogP contribution in [0.4, 0.5) is 4.39 Å². The number of benzene rings is 3. The van der Waals surface area contributed by atoms with E-state index in [1.165, 1.54) is 23.1 Å². The molecule has 35 heavy (non-hydrogen) atoms. The average Bonchev–Trinajstić information content (AvgIpc) is 3.10. The molecule has 0 saturated carbocycles. The molecule has 0 aliphatic heterocycles. The largest absolute Gasteiger partial charge is 0.384 e. The molecule has 5 nitrogen and oxygen atoms in total.